The smallest absolute Gasteiger partial charge is 0.231 e. The molecule has 230 valence electrons. The number of hydrogen-bond donors (Lipinski definition) is 0. The number of imidazole rings is 1. The second-order valence-corrected chi connectivity index (χ2v) is 11.4. The van der Waals surface area contributed by atoms with Crippen molar-refractivity contribution in [3.63, 3.8) is 0 Å². The summed E-state index contributed by atoms with van der Waals surface area (Å²) in [4.78, 5) is 7.80. The van der Waals surface area contributed by atoms with Gasteiger partial charge in [-0.2, -0.15) is 0 Å². The number of ether oxygens (including phenoxy) is 5. The average Bonchev–Trinajstić information content (AvgIpc) is 3.83. The van der Waals surface area contributed by atoms with Crippen molar-refractivity contribution in [2.24, 2.45) is 0 Å². The van der Waals surface area contributed by atoms with Gasteiger partial charge in [0.15, 0.2) is 23.0 Å². The minimum absolute atomic E-state index is 0.252. The molecule has 5 aromatic rings. The van der Waals surface area contributed by atoms with Crippen molar-refractivity contribution in [2.75, 3.05) is 20.7 Å². The molecule has 45 heavy (non-hydrogen) atoms. The third kappa shape index (κ3) is 6.19. The van der Waals surface area contributed by atoms with Crippen LogP contribution in [-0.2, 0) is 26.2 Å². The van der Waals surface area contributed by atoms with Gasteiger partial charge in [0.25, 0.3) is 0 Å². The first kappa shape index (κ1) is 28.8. The Morgan fingerprint density at radius 2 is 1.36 bits per heavy atom. The highest BCUT2D eigenvalue weighted by atomic mass is 16.7. The molecule has 0 unspecified atom stereocenters. The molecule has 4 aromatic carbocycles. The lowest BCUT2D eigenvalue weighted by Gasteiger charge is -2.25. The van der Waals surface area contributed by atoms with E-state index in [0.717, 1.165) is 87.6 Å². The Morgan fingerprint density at radius 1 is 0.711 bits per heavy atom. The molecule has 1 aromatic heterocycles. The van der Waals surface area contributed by atoms with Crippen LogP contribution in [0.2, 0.25) is 0 Å². The van der Waals surface area contributed by atoms with Crippen molar-refractivity contribution in [3.05, 3.63) is 108 Å². The molecule has 0 saturated carbocycles. The number of fused-ring (bicyclic) bond motifs is 2. The first-order valence-corrected chi connectivity index (χ1v) is 15.5. The summed E-state index contributed by atoms with van der Waals surface area (Å²) in [7, 11) is 1.70. The van der Waals surface area contributed by atoms with Crippen molar-refractivity contribution >= 4 is 0 Å². The third-order valence-electron chi connectivity index (χ3n) is 8.24. The van der Waals surface area contributed by atoms with Crippen molar-refractivity contribution < 1.29 is 23.7 Å². The van der Waals surface area contributed by atoms with E-state index in [2.05, 4.69) is 77.1 Å². The van der Waals surface area contributed by atoms with E-state index in [1.54, 1.807) is 7.11 Å². The van der Waals surface area contributed by atoms with Gasteiger partial charge in [-0.1, -0.05) is 67.9 Å². The standard InChI is InChI=1S/C37H37N3O5/c1-3-4-17-40-31(36(29-11-8-12-30(20-29)41-2)38-37(40)28-9-6-5-7-10-28)23-39(21-26-13-15-32-34(18-26)44-24-42-32)22-27-14-16-33-35(19-27)45-25-43-33/h5-16,18-20H,3-4,17,21-25H2,1-2H3. The van der Waals surface area contributed by atoms with E-state index in [9.17, 15) is 0 Å². The Hall–Kier alpha value is -4.95. The highest BCUT2D eigenvalue weighted by Crippen LogP contribution is 2.37. The average molecular weight is 604 g/mol. The Morgan fingerprint density at radius 3 is 2.00 bits per heavy atom. The van der Waals surface area contributed by atoms with Gasteiger partial charge in [-0.05, 0) is 53.9 Å². The number of unbranched alkanes of at least 4 members (excludes halogenated alkanes) is 1. The molecular formula is C37H37N3O5. The Bertz CT molecular complexity index is 1730. The van der Waals surface area contributed by atoms with Gasteiger partial charge in [-0.15, -0.1) is 0 Å². The molecular weight excluding hydrogens is 566 g/mol. The highest BCUT2D eigenvalue weighted by Gasteiger charge is 2.24. The van der Waals surface area contributed by atoms with Crippen LogP contribution in [0.15, 0.2) is 91.0 Å². The molecule has 0 atom stereocenters. The number of benzene rings is 4. The quantitative estimate of drug-likeness (QED) is 0.145. The monoisotopic (exact) mass is 603 g/mol. The maximum atomic E-state index is 5.73. The first-order valence-electron chi connectivity index (χ1n) is 15.5. The molecule has 0 saturated heterocycles. The van der Waals surface area contributed by atoms with Crippen LogP contribution in [0.3, 0.4) is 0 Å². The lowest BCUT2D eigenvalue weighted by molar-refractivity contribution is 0.173. The van der Waals surface area contributed by atoms with Crippen LogP contribution in [0.5, 0.6) is 28.7 Å². The zero-order valence-electron chi connectivity index (χ0n) is 25.7. The number of methoxy groups -OCH3 is 1. The van der Waals surface area contributed by atoms with Crippen molar-refractivity contribution in [3.8, 4) is 51.4 Å². The minimum Gasteiger partial charge on any atom is -0.497 e. The molecule has 8 heteroatoms. The van der Waals surface area contributed by atoms with Crippen LogP contribution in [0.25, 0.3) is 22.6 Å². The lowest BCUT2D eigenvalue weighted by atomic mass is 10.1. The molecule has 0 fully saturated rings. The van der Waals surface area contributed by atoms with Crippen LogP contribution in [-0.4, -0.2) is 35.1 Å². The Kier molecular flexibility index (Phi) is 8.29. The molecule has 2 aliphatic rings. The zero-order chi connectivity index (χ0) is 30.6. The summed E-state index contributed by atoms with van der Waals surface area (Å²) in [5.41, 5.74) is 6.55. The molecule has 0 amide bonds. The van der Waals surface area contributed by atoms with Crippen molar-refractivity contribution in [1.29, 1.82) is 0 Å². The van der Waals surface area contributed by atoms with Crippen LogP contribution >= 0.6 is 0 Å². The molecule has 2 aliphatic heterocycles. The van der Waals surface area contributed by atoms with Gasteiger partial charge >= 0.3 is 0 Å². The van der Waals surface area contributed by atoms with Gasteiger partial charge in [0, 0.05) is 37.3 Å². The van der Waals surface area contributed by atoms with Gasteiger partial charge in [-0.3, -0.25) is 4.90 Å². The second kappa shape index (κ2) is 13.0. The van der Waals surface area contributed by atoms with Crippen LogP contribution in [0.1, 0.15) is 36.6 Å². The van der Waals surface area contributed by atoms with E-state index in [1.165, 1.54) is 0 Å². The maximum Gasteiger partial charge on any atom is 0.231 e. The molecule has 0 bridgehead atoms. The van der Waals surface area contributed by atoms with Gasteiger partial charge in [0.2, 0.25) is 13.6 Å². The summed E-state index contributed by atoms with van der Waals surface area (Å²) < 4.78 is 30.7. The summed E-state index contributed by atoms with van der Waals surface area (Å²) in [6.45, 7) is 5.66. The fourth-order valence-corrected chi connectivity index (χ4v) is 5.99. The molecule has 8 nitrogen and oxygen atoms in total. The fraction of sp³-hybridized carbons (Fsp3) is 0.270. The molecule has 0 N–H and O–H groups in total. The number of hydrogen-bond acceptors (Lipinski definition) is 7. The minimum atomic E-state index is 0.252. The number of aromatic nitrogens is 2. The van der Waals surface area contributed by atoms with Gasteiger partial charge < -0.3 is 28.3 Å². The molecule has 0 aliphatic carbocycles. The van der Waals surface area contributed by atoms with Crippen LogP contribution in [0, 0.1) is 0 Å². The summed E-state index contributed by atoms with van der Waals surface area (Å²) in [5.74, 6) is 4.92. The molecule has 7 rings (SSSR count). The van der Waals surface area contributed by atoms with E-state index in [4.69, 9.17) is 28.7 Å². The Labute approximate surface area is 263 Å². The number of nitrogens with zero attached hydrogens (tertiary/aromatic N) is 3. The largest absolute Gasteiger partial charge is 0.497 e. The fourth-order valence-electron chi connectivity index (χ4n) is 5.99. The summed E-state index contributed by atoms with van der Waals surface area (Å²) >= 11 is 0. The summed E-state index contributed by atoms with van der Waals surface area (Å²) in [6, 6.07) is 31.1. The van der Waals surface area contributed by atoms with Gasteiger partial charge in [-0.25, -0.2) is 4.98 Å². The lowest BCUT2D eigenvalue weighted by Crippen LogP contribution is -2.24. The van der Waals surface area contributed by atoms with E-state index in [-0.39, 0.29) is 13.6 Å². The zero-order valence-corrected chi connectivity index (χ0v) is 25.7. The first-order chi connectivity index (χ1) is 22.2. The van der Waals surface area contributed by atoms with Gasteiger partial charge in [0.1, 0.15) is 11.6 Å². The summed E-state index contributed by atoms with van der Waals surface area (Å²) in [6.07, 6.45) is 2.13. The normalized spacial score (nSPS) is 13.0. The van der Waals surface area contributed by atoms with E-state index in [0.29, 0.717) is 19.6 Å². The predicted molar refractivity (Wildman–Crippen MR) is 173 cm³/mol. The van der Waals surface area contributed by atoms with Crippen molar-refractivity contribution in [1.82, 2.24) is 14.5 Å². The van der Waals surface area contributed by atoms with E-state index in [1.807, 2.05) is 30.3 Å². The Balaban J connectivity index is 1.33. The maximum absolute atomic E-state index is 5.73. The molecule has 3 heterocycles. The highest BCUT2D eigenvalue weighted by molar-refractivity contribution is 5.69. The van der Waals surface area contributed by atoms with Crippen molar-refractivity contribution in [2.45, 2.75) is 45.9 Å². The summed E-state index contributed by atoms with van der Waals surface area (Å²) in [5, 5.41) is 0. The number of rotatable bonds is 12. The van der Waals surface area contributed by atoms with Gasteiger partial charge in [0.05, 0.1) is 18.5 Å². The topological polar surface area (TPSA) is 67.2 Å². The third-order valence-corrected chi connectivity index (χ3v) is 8.24. The van der Waals surface area contributed by atoms with Crippen LogP contribution < -0.4 is 23.7 Å². The van der Waals surface area contributed by atoms with Crippen LogP contribution in [0.4, 0.5) is 0 Å². The SMILES string of the molecule is CCCCn1c(-c2ccccc2)nc(-c2cccc(OC)c2)c1CN(Cc1ccc2c(c1)OCO2)Cc1ccc2c(c1)OCO2. The van der Waals surface area contributed by atoms with E-state index < -0.39 is 0 Å². The van der Waals surface area contributed by atoms with E-state index >= 15 is 0 Å². The second-order valence-electron chi connectivity index (χ2n) is 11.4. The predicted octanol–water partition coefficient (Wildman–Crippen LogP) is 7.69. The molecule has 0 spiro atoms. The molecule has 0 radical (unpaired) electrons.